The highest BCUT2D eigenvalue weighted by molar-refractivity contribution is 5.94. The fourth-order valence-corrected chi connectivity index (χ4v) is 3.09. The average molecular weight is 332 g/mol. The maximum absolute atomic E-state index is 12.3. The molecular formula is C18H26N3O3+. The van der Waals surface area contributed by atoms with Crippen LogP contribution in [0.4, 0.5) is 0 Å². The van der Waals surface area contributed by atoms with Crippen LogP contribution in [-0.4, -0.2) is 50.6 Å². The number of hydrogen-bond acceptors (Lipinski definition) is 3. The molecule has 1 saturated carbocycles. The number of nitrogens with one attached hydrogen (secondary N) is 3. The lowest BCUT2D eigenvalue weighted by atomic mass is 10.0. The van der Waals surface area contributed by atoms with Gasteiger partial charge in [0.2, 0.25) is 0 Å². The molecule has 1 aromatic carbocycles. The van der Waals surface area contributed by atoms with E-state index in [-0.39, 0.29) is 17.9 Å². The van der Waals surface area contributed by atoms with Crippen LogP contribution >= 0.6 is 0 Å². The zero-order valence-electron chi connectivity index (χ0n) is 14.1. The molecule has 0 bridgehead atoms. The van der Waals surface area contributed by atoms with Crippen molar-refractivity contribution in [1.82, 2.24) is 10.6 Å². The molecule has 0 atom stereocenters. The Kier molecular flexibility index (Phi) is 5.35. The van der Waals surface area contributed by atoms with Crippen molar-refractivity contribution in [3.05, 3.63) is 29.8 Å². The molecule has 6 heteroatoms. The van der Waals surface area contributed by atoms with Crippen molar-refractivity contribution in [3.8, 4) is 5.75 Å². The number of quaternary nitrogens is 1. The lowest BCUT2D eigenvalue weighted by Crippen LogP contribution is -3.14. The Labute approximate surface area is 142 Å². The Morgan fingerprint density at radius 2 is 1.67 bits per heavy atom. The molecule has 1 aromatic rings. The Hall–Kier alpha value is -2.08. The molecule has 130 valence electrons. The second kappa shape index (κ2) is 7.66. The predicted octanol–water partition coefficient (Wildman–Crippen LogP) is -0.249. The highest BCUT2D eigenvalue weighted by Gasteiger charge is 2.28. The molecule has 1 saturated heterocycles. The highest BCUT2D eigenvalue weighted by Crippen LogP contribution is 2.18. The third-order valence-corrected chi connectivity index (χ3v) is 4.73. The van der Waals surface area contributed by atoms with E-state index in [1.165, 1.54) is 4.90 Å². The van der Waals surface area contributed by atoms with Crippen molar-refractivity contribution >= 4 is 11.8 Å². The Balaban J connectivity index is 1.40. The number of hydrogen-bond donors (Lipinski definition) is 3. The summed E-state index contributed by atoms with van der Waals surface area (Å²) in [5.41, 5.74) is 0.648. The quantitative estimate of drug-likeness (QED) is 0.673. The van der Waals surface area contributed by atoms with Crippen molar-refractivity contribution in [1.29, 1.82) is 0 Å². The summed E-state index contributed by atoms with van der Waals surface area (Å²) in [7, 11) is 1.61. The monoisotopic (exact) mass is 332 g/mol. The lowest BCUT2D eigenvalue weighted by Gasteiger charge is -2.29. The minimum Gasteiger partial charge on any atom is -0.497 e. The molecule has 2 amide bonds. The van der Waals surface area contributed by atoms with E-state index in [4.69, 9.17) is 4.74 Å². The normalized spacial score (nSPS) is 23.4. The summed E-state index contributed by atoms with van der Waals surface area (Å²) in [4.78, 5) is 25.4. The Bertz CT molecular complexity index is 576. The number of methoxy groups -OCH3 is 1. The van der Waals surface area contributed by atoms with Crippen molar-refractivity contribution < 1.29 is 19.2 Å². The van der Waals surface area contributed by atoms with Crippen LogP contribution in [0, 0.1) is 0 Å². The topological polar surface area (TPSA) is 71.9 Å². The number of benzene rings is 1. The Morgan fingerprint density at radius 1 is 1.04 bits per heavy atom. The van der Waals surface area contributed by atoms with Crippen LogP contribution in [0.3, 0.4) is 0 Å². The van der Waals surface area contributed by atoms with Crippen molar-refractivity contribution in [3.63, 3.8) is 0 Å². The number of ether oxygens (including phenoxy) is 1. The number of carbonyl (C=O) groups is 2. The van der Waals surface area contributed by atoms with Crippen molar-refractivity contribution in [2.24, 2.45) is 0 Å². The second-order valence-electron chi connectivity index (χ2n) is 6.74. The van der Waals surface area contributed by atoms with Crippen LogP contribution in [0.15, 0.2) is 24.3 Å². The van der Waals surface area contributed by atoms with Gasteiger partial charge in [-0.15, -0.1) is 0 Å². The number of amides is 2. The molecule has 3 N–H and O–H groups in total. The van der Waals surface area contributed by atoms with E-state index in [0.29, 0.717) is 18.2 Å². The predicted molar refractivity (Wildman–Crippen MR) is 90.2 cm³/mol. The first-order valence-corrected chi connectivity index (χ1v) is 8.72. The number of piperidine rings is 1. The van der Waals surface area contributed by atoms with Gasteiger partial charge in [-0.25, -0.2) is 0 Å². The van der Waals surface area contributed by atoms with E-state index >= 15 is 0 Å². The molecule has 24 heavy (non-hydrogen) atoms. The molecule has 6 nitrogen and oxygen atoms in total. The van der Waals surface area contributed by atoms with Gasteiger partial charge in [-0.2, -0.15) is 0 Å². The van der Waals surface area contributed by atoms with E-state index in [9.17, 15) is 9.59 Å². The zero-order chi connectivity index (χ0) is 16.9. The van der Waals surface area contributed by atoms with Gasteiger partial charge in [0.1, 0.15) is 5.75 Å². The first kappa shape index (κ1) is 16.8. The van der Waals surface area contributed by atoms with Gasteiger partial charge in [-0.05, 0) is 37.1 Å². The molecule has 1 aliphatic heterocycles. The van der Waals surface area contributed by atoms with Gasteiger partial charge < -0.3 is 20.3 Å². The van der Waals surface area contributed by atoms with Crippen LogP contribution in [0.1, 0.15) is 36.0 Å². The first-order valence-electron chi connectivity index (χ1n) is 8.72. The average Bonchev–Trinajstić information content (AvgIpc) is 3.40. The summed E-state index contributed by atoms with van der Waals surface area (Å²) >= 11 is 0. The lowest BCUT2D eigenvalue weighted by molar-refractivity contribution is -0.897. The van der Waals surface area contributed by atoms with E-state index in [1.54, 1.807) is 31.4 Å². The van der Waals surface area contributed by atoms with E-state index < -0.39 is 0 Å². The van der Waals surface area contributed by atoms with Crippen molar-refractivity contribution in [2.45, 2.75) is 37.8 Å². The number of rotatable bonds is 6. The standard InChI is InChI=1S/C18H25N3O3/c1-24-16-6-2-13(3-7-16)18(23)20-15-8-10-21(11-9-15)12-17(22)19-14-4-5-14/h2-3,6-7,14-15H,4-5,8-12H2,1H3,(H,19,22)(H,20,23)/p+1. The maximum atomic E-state index is 12.3. The van der Waals surface area contributed by atoms with Gasteiger partial charge in [0.05, 0.1) is 20.2 Å². The fourth-order valence-electron chi connectivity index (χ4n) is 3.09. The Morgan fingerprint density at radius 3 is 2.25 bits per heavy atom. The van der Waals surface area contributed by atoms with Gasteiger partial charge in [-0.3, -0.25) is 9.59 Å². The van der Waals surface area contributed by atoms with Crippen LogP contribution < -0.4 is 20.3 Å². The van der Waals surface area contributed by atoms with Gasteiger partial charge >= 0.3 is 0 Å². The highest BCUT2D eigenvalue weighted by atomic mass is 16.5. The summed E-state index contributed by atoms with van der Waals surface area (Å²) in [6.07, 6.45) is 4.07. The van der Waals surface area contributed by atoms with Crippen molar-refractivity contribution in [2.75, 3.05) is 26.7 Å². The number of likely N-dealkylation sites (tertiary alicyclic amines) is 1. The molecule has 2 fully saturated rings. The van der Waals surface area contributed by atoms with Gasteiger partial charge in [0.25, 0.3) is 11.8 Å². The third kappa shape index (κ3) is 4.71. The molecule has 0 radical (unpaired) electrons. The SMILES string of the molecule is COc1ccc(C(=O)NC2CC[NH+](CC(=O)NC3CC3)CC2)cc1. The maximum Gasteiger partial charge on any atom is 0.275 e. The number of carbonyl (C=O) groups excluding carboxylic acids is 2. The van der Waals surface area contributed by atoms with Gasteiger partial charge in [-0.1, -0.05) is 0 Å². The molecule has 0 aromatic heterocycles. The van der Waals surface area contributed by atoms with Gasteiger partial charge in [0.15, 0.2) is 6.54 Å². The van der Waals surface area contributed by atoms with Crippen LogP contribution in [-0.2, 0) is 4.79 Å². The molecule has 0 spiro atoms. The van der Waals surface area contributed by atoms with E-state index in [0.717, 1.165) is 44.5 Å². The molecule has 1 heterocycles. The van der Waals surface area contributed by atoms with Gasteiger partial charge in [0, 0.05) is 30.5 Å². The van der Waals surface area contributed by atoms with E-state index in [2.05, 4.69) is 10.6 Å². The van der Waals surface area contributed by atoms with Crippen LogP contribution in [0.2, 0.25) is 0 Å². The zero-order valence-corrected chi connectivity index (χ0v) is 14.1. The molecule has 3 rings (SSSR count). The fraction of sp³-hybridized carbons (Fsp3) is 0.556. The second-order valence-corrected chi connectivity index (χ2v) is 6.74. The molecule has 2 aliphatic rings. The smallest absolute Gasteiger partial charge is 0.275 e. The minimum atomic E-state index is -0.0439. The summed E-state index contributed by atoms with van der Waals surface area (Å²) in [5, 5.41) is 6.13. The molecule has 0 unspecified atom stereocenters. The molecule has 1 aliphatic carbocycles. The summed E-state index contributed by atoms with van der Waals surface area (Å²) < 4.78 is 5.10. The van der Waals surface area contributed by atoms with Crippen LogP contribution in [0.25, 0.3) is 0 Å². The molecular weight excluding hydrogens is 306 g/mol. The van der Waals surface area contributed by atoms with E-state index in [1.807, 2.05) is 0 Å². The minimum absolute atomic E-state index is 0.0439. The third-order valence-electron chi connectivity index (χ3n) is 4.73. The largest absolute Gasteiger partial charge is 0.497 e. The summed E-state index contributed by atoms with van der Waals surface area (Å²) in [5.74, 6) is 0.860. The summed E-state index contributed by atoms with van der Waals surface area (Å²) in [6, 6.07) is 7.75. The van der Waals surface area contributed by atoms with Crippen LogP contribution in [0.5, 0.6) is 5.75 Å². The summed E-state index contributed by atoms with van der Waals surface area (Å²) in [6.45, 7) is 2.40. The first-order chi connectivity index (χ1) is 11.6.